The van der Waals surface area contributed by atoms with E-state index in [2.05, 4.69) is 5.32 Å². The molecular weight excluding hydrogens is 290 g/mol. The first-order valence-corrected chi connectivity index (χ1v) is 7.24. The molecule has 1 amide bonds. The minimum Gasteiger partial charge on any atom is -0.478 e. The van der Waals surface area contributed by atoms with Gasteiger partial charge in [0.15, 0.2) is 0 Å². The Morgan fingerprint density at radius 2 is 1.90 bits per heavy atom. The monoisotopic (exact) mass is 305 g/mol. The van der Waals surface area contributed by atoms with E-state index in [1.54, 1.807) is 30.3 Å². The summed E-state index contributed by atoms with van der Waals surface area (Å²) in [5.41, 5.74) is 1.23. The number of rotatable bonds is 5. The van der Waals surface area contributed by atoms with E-state index in [4.69, 9.17) is 10.2 Å². The van der Waals surface area contributed by atoms with Crippen molar-refractivity contribution in [2.75, 3.05) is 5.32 Å². The van der Waals surface area contributed by atoms with Gasteiger partial charge in [-0.25, -0.2) is 4.79 Å². The van der Waals surface area contributed by atoms with E-state index in [9.17, 15) is 9.59 Å². The molecule has 0 fully saturated rings. The largest absolute Gasteiger partial charge is 0.478 e. The number of nitrogens with one attached hydrogen (secondary N) is 1. The highest BCUT2D eigenvalue weighted by atomic mass is 32.1. The molecule has 0 atom stereocenters. The molecule has 1 aromatic carbocycles. The number of carboxylic acid groups (broad SMARTS) is 1. The number of amides is 1. The Morgan fingerprint density at radius 1 is 1.24 bits per heavy atom. The van der Waals surface area contributed by atoms with Gasteiger partial charge in [-0.05, 0) is 30.2 Å². The van der Waals surface area contributed by atoms with Gasteiger partial charge in [-0.3, -0.25) is 4.79 Å². The number of aromatic carboxylic acids is 1. The molecule has 3 N–H and O–H groups in total. The normalized spacial score (nSPS) is 10.4. The van der Waals surface area contributed by atoms with Gasteiger partial charge in [0.25, 0.3) is 5.91 Å². The zero-order valence-electron chi connectivity index (χ0n) is 11.4. The Bertz CT molecular complexity index is 661. The maximum Gasteiger partial charge on any atom is 0.338 e. The molecule has 2 aromatic rings. The second kappa shape index (κ2) is 6.51. The van der Waals surface area contributed by atoms with Gasteiger partial charge in [-0.1, -0.05) is 19.1 Å². The molecule has 5 nitrogen and oxygen atoms in total. The van der Waals surface area contributed by atoms with Crippen molar-refractivity contribution >= 4 is 28.2 Å². The number of aryl methyl sites for hydroxylation is 1. The van der Waals surface area contributed by atoms with Crippen LogP contribution in [0.5, 0.6) is 0 Å². The average molecular weight is 305 g/mol. The number of hydrogen-bond donors (Lipinski definition) is 3. The van der Waals surface area contributed by atoms with E-state index in [1.165, 1.54) is 11.3 Å². The third kappa shape index (κ3) is 3.48. The summed E-state index contributed by atoms with van der Waals surface area (Å²) in [7, 11) is 0. The molecule has 1 aromatic heterocycles. The summed E-state index contributed by atoms with van der Waals surface area (Å²) >= 11 is 1.27. The minimum absolute atomic E-state index is 0.0875. The molecular formula is C15H15NO4S. The van der Waals surface area contributed by atoms with E-state index in [0.717, 1.165) is 4.88 Å². The van der Waals surface area contributed by atoms with Crippen LogP contribution in [0, 0.1) is 0 Å². The van der Waals surface area contributed by atoms with E-state index in [1.807, 2.05) is 6.92 Å². The molecule has 0 aliphatic rings. The lowest BCUT2D eigenvalue weighted by molar-refractivity contribution is 0.0698. The Hall–Kier alpha value is -2.18. The van der Waals surface area contributed by atoms with Crippen LogP contribution in [0.15, 0.2) is 30.3 Å². The van der Waals surface area contributed by atoms with Gasteiger partial charge in [0.1, 0.15) is 5.00 Å². The summed E-state index contributed by atoms with van der Waals surface area (Å²) in [4.78, 5) is 24.2. The summed E-state index contributed by atoms with van der Waals surface area (Å²) in [6, 6.07) is 8.07. The first kappa shape index (κ1) is 15.2. The molecule has 0 saturated heterocycles. The van der Waals surface area contributed by atoms with Crippen molar-refractivity contribution in [3.05, 3.63) is 51.9 Å². The molecule has 0 saturated carbocycles. The van der Waals surface area contributed by atoms with Crippen LogP contribution in [-0.4, -0.2) is 22.1 Å². The van der Waals surface area contributed by atoms with Crippen LogP contribution in [0.3, 0.4) is 0 Å². The minimum atomic E-state index is -1.06. The highest BCUT2D eigenvalue weighted by Crippen LogP contribution is 2.29. The van der Waals surface area contributed by atoms with Gasteiger partial charge in [-0.2, -0.15) is 0 Å². The van der Waals surface area contributed by atoms with Gasteiger partial charge in [-0.15, -0.1) is 11.3 Å². The van der Waals surface area contributed by atoms with E-state index < -0.39 is 5.97 Å². The predicted molar refractivity (Wildman–Crippen MR) is 81.0 cm³/mol. The Balaban J connectivity index is 2.22. The van der Waals surface area contributed by atoms with Gasteiger partial charge in [0.2, 0.25) is 0 Å². The van der Waals surface area contributed by atoms with Crippen LogP contribution in [0.1, 0.15) is 38.1 Å². The summed E-state index contributed by atoms with van der Waals surface area (Å²) in [5, 5.41) is 21.1. The lowest BCUT2D eigenvalue weighted by atomic mass is 10.1. The number of hydrogen-bond acceptors (Lipinski definition) is 4. The number of carbonyl (C=O) groups is 2. The van der Waals surface area contributed by atoms with Crippen LogP contribution >= 0.6 is 11.3 Å². The quantitative estimate of drug-likeness (QED) is 0.792. The van der Waals surface area contributed by atoms with Crippen molar-refractivity contribution in [1.29, 1.82) is 0 Å². The summed E-state index contributed by atoms with van der Waals surface area (Å²) in [5.74, 6) is -1.43. The zero-order valence-corrected chi connectivity index (χ0v) is 12.2. The maximum atomic E-state index is 12.1. The van der Waals surface area contributed by atoms with Gasteiger partial charge >= 0.3 is 5.97 Å². The van der Waals surface area contributed by atoms with Crippen molar-refractivity contribution < 1.29 is 19.8 Å². The molecule has 0 unspecified atom stereocenters. The number of carboxylic acids is 1. The number of benzene rings is 1. The Morgan fingerprint density at radius 3 is 2.43 bits per heavy atom. The van der Waals surface area contributed by atoms with Crippen molar-refractivity contribution in [1.82, 2.24) is 0 Å². The highest BCUT2D eigenvalue weighted by molar-refractivity contribution is 7.16. The SMILES string of the molecule is CCc1cc(C(=O)O)c(NC(=O)c2ccc(CO)cc2)s1. The summed E-state index contributed by atoms with van der Waals surface area (Å²) in [6.07, 6.45) is 0.714. The Kier molecular flexibility index (Phi) is 4.72. The fourth-order valence-corrected chi connectivity index (χ4v) is 2.79. The number of aliphatic hydroxyl groups is 1. The van der Waals surface area contributed by atoms with Crippen molar-refractivity contribution in [3.63, 3.8) is 0 Å². The second-order valence-electron chi connectivity index (χ2n) is 4.42. The molecule has 110 valence electrons. The number of aliphatic hydroxyl groups excluding tert-OH is 1. The van der Waals surface area contributed by atoms with Gasteiger partial charge < -0.3 is 15.5 Å². The lowest BCUT2D eigenvalue weighted by Crippen LogP contribution is -2.13. The molecule has 0 bridgehead atoms. The third-order valence-corrected chi connectivity index (χ3v) is 4.18. The van der Waals surface area contributed by atoms with E-state index in [0.29, 0.717) is 22.5 Å². The standard InChI is InChI=1S/C15H15NO4S/c1-2-11-7-12(15(19)20)14(21-11)16-13(18)10-5-3-9(8-17)4-6-10/h3-7,17H,2,8H2,1H3,(H,16,18)(H,19,20). The molecule has 0 radical (unpaired) electrons. The fraction of sp³-hybridized carbons (Fsp3) is 0.200. The molecule has 2 rings (SSSR count). The van der Waals surface area contributed by atoms with Crippen molar-refractivity contribution in [2.45, 2.75) is 20.0 Å². The molecule has 1 heterocycles. The van der Waals surface area contributed by atoms with Crippen LogP contribution < -0.4 is 5.32 Å². The predicted octanol–water partition coefficient (Wildman–Crippen LogP) is 2.75. The first-order chi connectivity index (χ1) is 10.0. The van der Waals surface area contributed by atoms with Crippen LogP contribution in [0.2, 0.25) is 0 Å². The third-order valence-electron chi connectivity index (χ3n) is 2.99. The highest BCUT2D eigenvalue weighted by Gasteiger charge is 2.17. The van der Waals surface area contributed by atoms with Gasteiger partial charge in [0.05, 0.1) is 12.2 Å². The molecule has 6 heteroatoms. The van der Waals surface area contributed by atoms with Gasteiger partial charge in [0, 0.05) is 10.4 Å². The maximum absolute atomic E-state index is 12.1. The molecule has 21 heavy (non-hydrogen) atoms. The summed E-state index contributed by atoms with van der Waals surface area (Å²) < 4.78 is 0. The van der Waals surface area contributed by atoms with Crippen molar-refractivity contribution in [2.24, 2.45) is 0 Å². The topological polar surface area (TPSA) is 86.6 Å². The average Bonchev–Trinajstić information content (AvgIpc) is 2.90. The van der Waals surface area contributed by atoms with Crippen LogP contribution in [-0.2, 0) is 13.0 Å². The smallest absolute Gasteiger partial charge is 0.338 e. The number of thiophene rings is 1. The lowest BCUT2D eigenvalue weighted by Gasteiger charge is -2.05. The molecule has 0 spiro atoms. The molecule has 0 aliphatic carbocycles. The Labute approximate surface area is 125 Å². The number of anilines is 1. The van der Waals surface area contributed by atoms with E-state index in [-0.39, 0.29) is 18.1 Å². The fourth-order valence-electron chi connectivity index (χ4n) is 1.80. The van der Waals surface area contributed by atoms with Crippen LogP contribution in [0.4, 0.5) is 5.00 Å². The second-order valence-corrected chi connectivity index (χ2v) is 5.56. The first-order valence-electron chi connectivity index (χ1n) is 6.42. The molecule has 0 aliphatic heterocycles. The van der Waals surface area contributed by atoms with E-state index >= 15 is 0 Å². The van der Waals surface area contributed by atoms with Crippen LogP contribution in [0.25, 0.3) is 0 Å². The summed E-state index contributed by atoms with van der Waals surface area (Å²) in [6.45, 7) is 1.84. The number of carbonyl (C=O) groups excluding carboxylic acids is 1. The van der Waals surface area contributed by atoms with Crippen molar-refractivity contribution in [3.8, 4) is 0 Å². The zero-order chi connectivity index (χ0) is 15.4.